The molecule has 2 aromatic rings. The molecule has 8 heteroatoms. The first kappa shape index (κ1) is 19.9. The van der Waals surface area contributed by atoms with Gasteiger partial charge in [0, 0.05) is 6.61 Å². The number of ether oxygens (including phenoxy) is 3. The first-order valence-corrected chi connectivity index (χ1v) is 9.81. The molecule has 6 nitrogen and oxygen atoms in total. The summed E-state index contributed by atoms with van der Waals surface area (Å²) in [5.74, 6) is -0.768. The van der Waals surface area contributed by atoms with Gasteiger partial charge < -0.3 is 19.3 Å². The third-order valence-electron chi connectivity index (χ3n) is 4.00. The van der Waals surface area contributed by atoms with E-state index in [1.807, 2.05) is 0 Å². The van der Waals surface area contributed by atoms with Crippen LogP contribution in [-0.4, -0.2) is 36.4 Å². The van der Waals surface area contributed by atoms with E-state index in [4.69, 9.17) is 19.3 Å². The van der Waals surface area contributed by atoms with Gasteiger partial charge in [-0.2, -0.15) is 0 Å². The topological polar surface area (TPSA) is 82.1 Å². The number of carboxylic acid groups (broad SMARTS) is 1. The molecule has 0 spiro atoms. The number of carbonyl (C=O) groups is 2. The van der Waals surface area contributed by atoms with Crippen molar-refractivity contribution in [3.63, 3.8) is 0 Å². The van der Waals surface area contributed by atoms with Crippen LogP contribution in [0.25, 0.3) is 0 Å². The van der Waals surface area contributed by atoms with Crippen molar-refractivity contribution in [2.24, 2.45) is 0 Å². The lowest BCUT2D eigenvalue weighted by Gasteiger charge is -2.13. The van der Waals surface area contributed by atoms with E-state index in [1.54, 1.807) is 18.2 Å². The lowest BCUT2D eigenvalue weighted by molar-refractivity contribution is 0.0675. The van der Waals surface area contributed by atoms with Crippen molar-refractivity contribution in [1.82, 2.24) is 0 Å². The molecule has 0 radical (unpaired) electrons. The average molecular weight is 500 g/mol. The van der Waals surface area contributed by atoms with Crippen molar-refractivity contribution >= 4 is 43.8 Å². The van der Waals surface area contributed by atoms with Crippen LogP contribution in [0, 0.1) is 0 Å². The van der Waals surface area contributed by atoms with E-state index >= 15 is 0 Å². The Morgan fingerprint density at radius 2 is 1.74 bits per heavy atom. The van der Waals surface area contributed by atoms with Crippen LogP contribution < -0.4 is 9.47 Å². The molecule has 1 unspecified atom stereocenters. The smallest absolute Gasteiger partial charge is 0.343 e. The van der Waals surface area contributed by atoms with Crippen LogP contribution in [0.1, 0.15) is 33.6 Å². The number of carboxylic acids is 1. The summed E-state index contributed by atoms with van der Waals surface area (Å²) >= 11 is 6.62. The summed E-state index contributed by atoms with van der Waals surface area (Å²) in [6, 6.07) is 9.10. The lowest BCUT2D eigenvalue weighted by atomic mass is 10.2. The van der Waals surface area contributed by atoms with Gasteiger partial charge in [0.1, 0.15) is 18.1 Å². The van der Waals surface area contributed by atoms with E-state index in [-0.39, 0.29) is 17.4 Å². The van der Waals surface area contributed by atoms with Crippen LogP contribution >= 0.6 is 31.9 Å². The fourth-order valence-corrected chi connectivity index (χ4v) is 3.53. The van der Waals surface area contributed by atoms with Crippen LogP contribution in [0.4, 0.5) is 0 Å². The van der Waals surface area contributed by atoms with Crippen LogP contribution in [-0.2, 0) is 4.74 Å². The Bertz CT molecular complexity index is 861. The van der Waals surface area contributed by atoms with Crippen molar-refractivity contribution in [2.45, 2.75) is 18.9 Å². The van der Waals surface area contributed by atoms with Crippen LogP contribution in [0.15, 0.2) is 45.3 Å². The molecule has 0 saturated carbocycles. The fraction of sp³-hybridized carbons (Fsp3) is 0.263. The van der Waals surface area contributed by atoms with Crippen molar-refractivity contribution in [3.05, 3.63) is 56.5 Å². The van der Waals surface area contributed by atoms with Crippen molar-refractivity contribution < 1.29 is 28.9 Å². The van der Waals surface area contributed by atoms with Gasteiger partial charge >= 0.3 is 11.9 Å². The summed E-state index contributed by atoms with van der Waals surface area (Å²) in [7, 11) is 0. The summed E-state index contributed by atoms with van der Waals surface area (Å²) in [5.41, 5.74) is 0.428. The molecule has 1 N–H and O–H groups in total. The van der Waals surface area contributed by atoms with Crippen molar-refractivity contribution in [1.29, 1.82) is 0 Å². The normalized spacial score (nSPS) is 16.1. The third-order valence-corrected chi connectivity index (χ3v) is 5.24. The number of hydrogen-bond donors (Lipinski definition) is 1. The number of halogens is 2. The second kappa shape index (κ2) is 8.86. The highest BCUT2D eigenvalue weighted by atomic mass is 79.9. The van der Waals surface area contributed by atoms with Gasteiger partial charge in [-0.1, -0.05) is 0 Å². The second-order valence-corrected chi connectivity index (χ2v) is 7.64. The minimum absolute atomic E-state index is 0.0946. The summed E-state index contributed by atoms with van der Waals surface area (Å²) < 4.78 is 17.6. The molecule has 27 heavy (non-hydrogen) atoms. The molecular weight excluding hydrogens is 484 g/mol. The summed E-state index contributed by atoms with van der Waals surface area (Å²) in [4.78, 5) is 23.3. The Balaban J connectivity index is 1.66. The third kappa shape index (κ3) is 5.09. The van der Waals surface area contributed by atoms with Crippen LogP contribution in [0.3, 0.4) is 0 Å². The molecule has 1 atom stereocenters. The monoisotopic (exact) mass is 498 g/mol. The molecule has 0 aromatic heterocycles. The maximum absolute atomic E-state index is 12.4. The highest BCUT2D eigenvalue weighted by Gasteiger charge is 2.18. The molecule has 0 bridgehead atoms. The Morgan fingerprint density at radius 3 is 2.37 bits per heavy atom. The molecule has 142 valence electrons. The number of benzene rings is 2. The Morgan fingerprint density at radius 1 is 1.07 bits per heavy atom. The molecule has 2 aromatic carbocycles. The van der Waals surface area contributed by atoms with Gasteiger partial charge in [-0.25, -0.2) is 9.59 Å². The van der Waals surface area contributed by atoms with Gasteiger partial charge in [0.25, 0.3) is 0 Å². The Labute approximate surface area is 172 Å². The summed E-state index contributed by atoms with van der Waals surface area (Å²) in [5, 5.41) is 8.98. The minimum Gasteiger partial charge on any atom is -0.490 e. The van der Waals surface area contributed by atoms with Gasteiger partial charge in [0.05, 0.1) is 26.2 Å². The highest BCUT2D eigenvalue weighted by Crippen LogP contribution is 2.30. The maximum Gasteiger partial charge on any atom is 0.343 e. The zero-order valence-corrected chi connectivity index (χ0v) is 17.3. The molecule has 1 saturated heterocycles. The Hall–Kier alpha value is -1.90. The van der Waals surface area contributed by atoms with Gasteiger partial charge in [0.2, 0.25) is 0 Å². The van der Waals surface area contributed by atoms with E-state index in [2.05, 4.69) is 31.9 Å². The average Bonchev–Trinajstić information content (AvgIpc) is 3.15. The van der Waals surface area contributed by atoms with Crippen LogP contribution in [0.2, 0.25) is 0 Å². The van der Waals surface area contributed by atoms with E-state index in [0.29, 0.717) is 26.9 Å². The van der Waals surface area contributed by atoms with Gasteiger partial charge in [-0.15, -0.1) is 0 Å². The molecule has 0 aliphatic carbocycles. The predicted molar refractivity (Wildman–Crippen MR) is 105 cm³/mol. The van der Waals surface area contributed by atoms with Gasteiger partial charge in [-0.05, 0) is 81.1 Å². The number of hydrogen-bond acceptors (Lipinski definition) is 5. The van der Waals surface area contributed by atoms with Gasteiger partial charge in [0.15, 0.2) is 0 Å². The molecule has 3 rings (SSSR count). The van der Waals surface area contributed by atoms with Crippen LogP contribution in [0.5, 0.6) is 11.5 Å². The van der Waals surface area contributed by atoms with Crippen molar-refractivity contribution in [3.8, 4) is 11.5 Å². The first-order chi connectivity index (χ1) is 12.9. The fourth-order valence-electron chi connectivity index (χ4n) is 2.58. The largest absolute Gasteiger partial charge is 0.490 e. The zero-order chi connectivity index (χ0) is 19.4. The summed E-state index contributed by atoms with van der Waals surface area (Å²) in [6.45, 7) is 1.23. The molecule has 0 amide bonds. The van der Waals surface area contributed by atoms with E-state index < -0.39 is 11.9 Å². The number of esters is 1. The Kier molecular flexibility index (Phi) is 6.51. The molecule has 1 fully saturated rings. The lowest BCUT2D eigenvalue weighted by Crippen LogP contribution is -2.16. The van der Waals surface area contributed by atoms with E-state index in [9.17, 15) is 9.59 Å². The summed E-state index contributed by atoms with van der Waals surface area (Å²) in [6.07, 6.45) is 2.13. The maximum atomic E-state index is 12.4. The van der Waals surface area contributed by atoms with Gasteiger partial charge in [-0.3, -0.25) is 0 Å². The molecule has 1 aliphatic rings. The molecule has 1 heterocycles. The SMILES string of the molecule is O=C(O)c1ccc(OC(=O)c2ccc(OCC3CCCO3)c(Br)c2)c(Br)c1. The van der Waals surface area contributed by atoms with E-state index in [1.165, 1.54) is 18.2 Å². The standard InChI is InChI=1S/C19H16Br2O6/c20-14-9-12(4-5-16(14)26-10-13-2-1-7-25-13)19(24)27-17-6-3-11(18(22)23)8-15(17)21/h3-6,8-9,13H,1-2,7,10H2,(H,22,23). The van der Waals surface area contributed by atoms with E-state index in [0.717, 1.165) is 19.4 Å². The number of carbonyl (C=O) groups excluding carboxylic acids is 1. The first-order valence-electron chi connectivity index (χ1n) is 8.23. The second-order valence-electron chi connectivity index (χ2n) is 5.93. The minimum atomic E-state index is -1.06. The highest BCUT2D eigenvalue weighted by molar-refractivity contribution is 9.10. The molecular formula is C19H16Br2O6. The number of rotatable bonds is 6. The molecule has 1 aliphatic heterocycles. The quantitative estimate of drug-likeness (QED) is 0.458. The number of aromatic carboxylic acids is 1. The van der Waals surface area contributed by atoms with Crippen molar-refractivity contribution in [2.75, 3.05) is 13.2 Å². The predicted octanol–water partition coefficient (Wildman–Crippen LogP) is 4.69. The zero-order valence-electron chi connectivity index (χ0n) is 14.1.